The summed E-state index contributed by atoms with van der Waals surface area (Å²) in [6, 6.07) is 5.94. The van der Waals surface area contributed by atoms with Gasteiger partial charge in [-0.3, -0.25) is 5.10 Å². The SMILES string of the molecule is Cc1cc(OC(F)(F)F)ccc1Nc1ncc(Br)c(Nc2cc(C3CC3)[nH]n2)n1. The normalized spacial score (nSPS) is 14.0. The fourth-order valence-corrected chi connectivity index (χ4v) is 3.02. The fourth-order valence-electron chi connectivity index (χ4n) is 2.73. The minimum absolute atomic E-state index is 0.279. The molecule has 29 heavy (non-hydrogen) atoms. The Morgan fingerprint density at radius 1 is 1.21 bits per heavy atom. The van der Waals surface area contributed by atoms with Crippen molar-refractivity contribution in [1.29, 1.82) is 0 Å². The largest absolute Gasteiger partial charge is 0.573 e. The maximum atomic E-state index is 12.4. The molecule has 4 rings (SSSR count). The molecule has 0 unspecified atom stereocenters. The van der Waals surface area contributed by atoms with E-state index in [2.05, 4.69) is 51.5 Å². The van der Waals surface area contributed by atoms with Crippen LogP contribution in [0.25, 0.3) is 0 Å². The molecule has 1 fully saturated rings. The van der Waals surface area contributed by atoms with E-state index < -0.39 is 6.36 Å². The van der Waals surface area contributed by atoms with E-state index in [1.807, 2.05) is 6.07 Å². The van der Waals surface area contributed by atoms with E-state index in [1.54, 1.807) is 13.1 Å². The van der Waals surface area contributed by atoms with Crippen molar-refractivity contribution in [2.45, 2.75) is 32.0 Å². The topological polar surface area (TPSA) is 87.8 Å². The zero-order valence-corrected chi connectivity index (χ0v) is 16.7. The minimum atomic E-state index is -4.73. The highest BCUT2D eigenvalue weighted by molar-refractivity contribution is 9.10. The number of alkyl halides is 3. The molecule has 2 aromatic heterocycles. The number of H-pyrrole nitrogens is 1. The maximum absolute atomic E-state index is 12.4. The van der Waals surface area contributed by atoms with Crippen molar-refractivity contribution >= 4 is 39.2 Å². The smallest absolute Gasteiger partial charge is 0.406 e. The molecule has 0 spiro atoms. The van der Waals surface area contributed by atoms with E-state index in [4.69, 9.17) is 0 Å². The third-order valence-electron chi connectivity index (χ3n) is 4.28. The Hall–Kier alpha value is -2.82. The quantitative estimate of drug-likeness (QED) is 0.440. The first-order valence-electron chi connectivity index (χ1n) is 8.75. The molecule has 0 saturated heterocycles. The Bertz CT molecular complexity index is 1030. The second-order valence-electron chi connectivity index (χ2n) is 6.65. The lowest BCUT2D eigenvalue weighted by atomic mass is 10.2. The van der Waals surface area contributed by atoms with Crippen LogP contribution >= 0.6 is 15.9 Å². The number of nitrogens with one attached hydrogen (secondary N) is 3. The van der Waals surface area contributed by atoms with Crippen LogP contribution in [0.5, 0.6) is 5.75 Å². The van der Waals surface area contributed by atoms with E-state index in [0.29, 0.717) is 33.3 Å². The van der Waals surface area contributed by atoms with Crippen LogP contribution in [0.3, 0.4) is 0 Å². The predicted molar refractivity (Wildman–Crippen MR) is 105 cm³/mol. The van der Waals surface area contributed by atoms with Crippen molar-refractivity contribution in [2.24, 2.45) is 0 Å². The number of hydrogen-bond acceptors (Lipinski definition) is 6. The van der Waals surface area contributed by atoms with Gasteiger partial charge in [0.15, 0.2) is 11.6 Å². The average Bonchev–Trinajstić information content (AvgIpc) is 3.38. The molecule has 0 amide bonds. The second-order valence-corrected chi connectivity index (χ2v) is 7.50. The van der Waals surface area contributed by atoms with E-state index in [0.717, 1.165) is 5.69 Å². The molecule has 0 aliphatic heterocycles. The highest BCUT2D eigenvalue weighted by Gasteiger charge is 2.31. The molecule has 2 heterocycles. The van der Waals surface area contributed by atoms with Gasteiger partial charge in [0, 0.05) is 29.6 Å². The third-order valence-corrected chi connectivity index (χ3v) is 4.86. The molecule has 1 aliphatic rings. The van der Waals surface area contributed by atoms with E-state index in [9.17, 15) is 13.2 Å². The van der Waals surface area contributed by atoms with Crippen molar-refractivity contribution in [3.63, 3.8) is 0 Å². The summed E-state index contributed by atoms with van der Waals surface area (Å²) in [4.78, 5) is 8.60. The van der Waals surface area contributed by atoms with E-state index in [1.165, 1.54) is 31.0 Å². The standard InChI is InChI=1S/C18H16BrF3N6O/c1-9-6-11(29-18(20,21)22)4-5-13(9)24-17-23-8-12(19)16(26-17)25-15-7-14(27-28-15)10-2-3-10/h4-8,10H,2-3H2,1H3,(H3,23,24,25,26,27,28). The van der Waals surface area contributed by atoms with Crippen molar-refractivity contribution in [1.82, 2.24) is 20.2 Å². The number of ether oxygens (including phenoxy) is 1. The van der Waals surface area contributed by atoms with E-state index >= 15 is 0 Å². The molecule has 7 nitrogen and oxygen atoms in total. The molecule has 11 heteroatoms. The molecular weight excluding hydrogens is 453 g/mol. The zero-order valence-electron chi connectivity index (χ0n) is 15.1. The number of anilines is 4. The molecule has 3 N–H and O–H groups in total. The maximum Gasteiger partial charge on any atom is 0.573 e. The molecule has 152 valence electrons. The Morgan fingerprint density at radius 2 is 2.00 bits per heavy atom. The van der Waals surface area contributed by atoms with Gasteiger partial charge in [-0.05, 0) is 59.5 Å². The number of hydrogen-bond donors (Lipinski definition) is 3. The van der Waals surface area contributed by atoms with Crippen molar-refractivity contribution in [3.8, 4) is 5.75 Å². The summed E-state index contributed by atoms with van der Waals surface area (Å²) in [6.45, 7) is 1.66. The van der Waals surface area contributed by atoms with Gasteiger partial charge in [0.1, 0.15) is 5.75 Å². The van der Waals surface area contributed by atoms with Gasteiger partial charge in [-0.25, -0.2) is 4.98 Å². The Kier molecular flexibility index (Phi) is 5.07. The first-order valence-corrected chi connectivity index (χ1v) is 9.54. The van der Waals surface area contributed by atoms with Gasteiger partial charge in [0.2, 0.25) is 5.95 Å². The molecule has 1 aliphatic carbocycles. The Balaban J connectivity index is 1.49. The predicted octanol–water partition coefficient (Wildman–Crippen LogP) is 5.53. The number of halogens is 4. The van der Waals surface area contributed by atoms with Crippen LogP contribution in [0.2, 0.25) is 0 Å². The molecule has 0 radical (unpaired) electrons. The van der Waals surface area contributed by atoms with Crippen LogP contribution in [0.15, 0.2) is 34.9 Å². The van der Waals surface area contributed by atoms with Crippen LogP contribution in [-0.2, 0) is 0 Å². The minimum Gasteiger partial charge on any atom is -0.406 e. The summed E-state index contributed by atoms with van der Waals surface area (Å²) in [5.41, 5.74) is 2.20. The van der Waals surface area contributed by atoms with Gasteiger partial charge < -0.3 is 15.4 Å². The number of aryl methyl sites for hydroxylation is 1. The van der Waals surface area contributed by atoms with Crippen molar-refractivity contribution in [2.75, 3.05) is 10.6 Å². The van der Waals surface area contributed by atoms with Gasteiger partial charge in [-0.1, -0.05) is 0 Å². The number of nitrogens with zero attached hydrogens (tertiary/aromatic N) is 3. The lowest BCUT2D eigenvalue weighted by molar-refractivity contribution is -0.274. The number of benzene rings is 1. The fraction of sp³-hybridized carbons (Fsp3) is 0.278. The molecule has 0 bridgehead atoms. The second kappa shape index (κ2) is 7.54. The van der Waals surface area contributed by atoms with E-state index in [-0.39, 0.29) is 11.7 Å². The Morgan fingerprint density at radius 3 is 2.69 bits per heavy atom. The summed E-state index contributed by atoms with van der Waals surface area (Å²) in [6.07, 6.45) is -0.830. The van der Waals surface area contributed by atoms with Crippen LogP contribution in [0, 0.1) is 6.92 Å². The highest BCUT2D eigenvalue weighted by Crippen LogP contribution is 2.40. The van der Waals surface area contributed by atoms with Gasteiger partial charge in [-0.2, -0.15) is 10.1 Å². The number of rotatable bonds is 6. The van der Waals surface area contributed by atoms with Crippen molar-refractivity contribution < 1.29 is 17.9 Å². The summed E-state index contributed by atoms with van der Waals surface area (Å²) in [5, 5.41) is 13.4. The van der Waals surface area contributed by atoms with Crippen LogP contribution < -0.4 is 15.4 Å². The lowest BCUT2D eigenvalue weighted by Crippen LogP contribution is -2.17. The number of aromatic nitrogens is 4. The monoisotopic (exact) mass is 468 g/mol. The molecule has 1 saturated carbocycles. The number of aromatic amines is 1. The van der Waals surface area contributed by atoms with Crippen LogP contribution in [0.1, 0.15) is 30.0 Å². The molecular formula is C18H16BrF3N6O. The Labute approximate surface area is 172 Å². The van der Waals surface area contributed by atoms with Crippen molar-refractivity contribution in [3.05, 3.63) is 46.2 Å². The zero-order chi connectivity index (χ0) is 20.6. The molecule has 0 atom stereocenters. The summed E-state index contributed by atoms with van der Waals surface area (Å²) >= 11 is 3.40. The summed E-state index contributed by atoms with van der Waals surface area (Å²) in [5.74, 6) is 1.69. The lowest BCUT2D eigenvalue weighted by Gasteiger charge is -2.13. The van der Waals surface area contributed by atoms with Crippen LogP contribution in [-0.4, -0.2) is 26.5 Å². The highest BCUT2D eigenvalue weighted by atomic mass is 79.9. The van der Waals surface area contributed by atoms with Gasteiger partial charge >= 0.3 is 6.36 Å². The van der Waals surface area contributed by atoms with Gasteiger partial charge in [0.05, 0.1) is 4.47 Å². The first kappa shape index (κ1) is 19.5. The van der Waals surface area contributed by atoms with Gasteiger partial charge in [0.25, 0.3) is 0 Å². The first-order chi connectivity index (χ1) is 13.8. The molecule has 3 aromatic rings. The van der Waals surface area contributed by atoms with Gasteiger partial charge in [-0.15, -0.1) is 13.2 Å². The third kappa shape index (κ3) is 4.97. The average molecular weight is 469 g/mol. The van der Waals surface area contributed by atoms with Crippen LogP contribution in [0.4, 0.5) is 36.4 Å². The summed E-state index contributed by atoms with van der Waals surface area (Å²) < 4.78 is 41.6. The molecule has 1 aromatic carbocycles. The summed E-state index contributed by atoms with van der Waals surface area (Å²) in [7, 11) is 0.